The first kappa shape index (κ1) is 18.0. The molecule has 5 nitrogen and oxygen atoms in total. The van der Waals surface area contributed by atoms with Crippen LogP contribution in [0.3, 0.4) is 0 Å². The van der Waals surface area contributed by atoms with Crippen molar-refractivity contribution < 1.29 is 19.1 Å². The Morgan fingerprint density at radius 1 is 1.17 bits per heavy atom. The lowest BCUT2D eigenvalue weighted by atomic mass is 10.1. The van der Waals surface area contributed by atoms with Crippen molar-refractivity contribution >= 4 is 27.8 Å². The van der Waals surface area contributed by atoms with Crippen LogP contribution in [0.15, 0.2) is 46.9 Å². The first-order valence-electron chi connectivity index (χ1n) is 7.33. The van der Waals surface area contributed by atoms with Crippen LogP contribution in [0.4, 0.5) is 0 Å². The summed E-state index contributed by atoms with van der Waals surface area (Å²) in [7, 11) is 1.51. The lowest BCUT2D eigenvalue weighted by molar-refractivity contribution is -0.124. The number of rotatable bonds is 6. The highest BCUT2D eigenvalue weighted by Crippen LogP contribution is 2.23. The predicted octanol–water partition coefficient (Wildman–Crippen LogP) is 3.24. The molecule has 126 valence electrons. The second-order valence-corrected chi connectivity index (χ2v) is 5.98. The number of halogens is 1. The van der Waals surface area contributed by atoms with E-state index in [1.54, 1.807) is 18.2 Å². The molecule has 6 heteroatoms. The van der Waals surface area contributed by atoms with Gasteiger partial charge in [0.1, 0.15) is 5.75 Å². The maximum absolute atomic E-state index is 12.1. The molecule has 2 aromatic rings. The van der Waals surface area contributed by atoms with Gasteiger partial charge in [0, 0.05) is 11.0 Å². The Labute approximate surface area is 149 Å². The van der Waals surface area contributed by atoms with Gasteiger partial charge < -0.3 is 14.8 Å². The summed E-state index contributed by atoms with van der Waals surface area (Å²) in [5.41, 5.74) is 2.42. The molecule has 1 N–H and O–H groups in total. The number of esters is 1. The summed E-state index contributed by atoms with van der Waals surface area (Å²) < 4.78 is 10.7. The second kappa shape index (κ2) is 8.49. The SMILES string of the molecule is COc1ccc(Br)c(C(=O)OCC(=O)NCc2ccccc2C)c1. The van der Waals surface area contributed by atoms with Gasteiger partial charge in [-0.15, -0.1) is 0 Å². The molecule has 0 saturated carbocycles. The fourth-order valence-corrected chi connectivity index (χ4v) is 2.46. The van der Waals surface area contributed by atoms with E-state index in [1.807, 2.05) is 31.2 Å². The summed E-state index contributed by atoms with van der Waals surface area (Å²) in [5.74, 6) is -0.411. The lowest BCUT2D eigenvalue weighted by Gasteiger charge is -2.10. The number of nitrogens with one attached hydrogen (secondary N) is 1. The molecule has 0 atom stereocenters. The maximum atomic E-state index is 12.1. The molecule has 0 aromatic heterocycles. The predicted molar refractivity (Wildman–Crippen MR) is 94.0 cm³/mol. The third-order valence-electron chi connectivity index (χ3n) is 3.47. The number of carbonyl (C=O) groups is 2. The number of methoxy groups -OCH3 is 1. The van der Waals surface area contributed by atoms with Crippen LogP contribution in [0.25, 0.3) is 0 Å². The van der Waals surface area contributed by atoms with Crippen molar-refractivity contribution in [1.82, 2.24) is 5.32 Å². The fourth-order valence-electron chi connectivity index (χ4n) is 2.05. The van der Waals surface area contributed by atoms with Gasteiger partial charge in [-0.2, -0.15) is 0 Å². The average Bonchev–Trinajstić information content (AvgIpc) is 2.59. The number of aryl methyl sites for hydroxylation is 1. The van der Waals surface area contributed by atoms with E-state index < -0.39 is 5.97 Å². The molecule has 0 fully saturated rings. The van der Waals surface area contributed by atoms with Gasteiger partial charge in [-0.1, -0.05) is 24.3 Å². The van der Waals surface area contributed by atoms with E-state index in [1.165, 1.54) is 7.11 Å². The Balaban J connectivity index is 1.87. The van der Waals surface area contributed by atoms with E-state index in [-0.39, 0.29) is 12.5 Å². The highest BCUT2D eigenvalue weighted by Gasteiger charge is 2.14. The van der Waals surface area contributed by atoms with Crippen molar-refractivity contribution in [2.24, 2.45) is 0 Å². The van der Waals surface area contributed by atoms with Crippen LogP contribution in [0.2, 0.25) is 0 Å². The Hall–Kier alpha value is -2.34. The van der Waals surface area contributed by atoms with Crippen LogP contribution in [0, 0.1) is 6.92 Å². The summed E-state index contributed by atoms with van der Waals surface area (Å²) in [4.78, 5) is 23.9. The van der Waals surface area contributed by atoms with E-state index in [9.17, 15) is 9.59 Å². The van der Waals surface area contributed by atoms with Crippen molar-refractivity contribution in [2.45, 2.75) is 13.5 Å². The van der Waals surface area contributed by atoms with Gasteiger partial charge in [0.25, 0.3) is 5.91 Å². The molecule has 0 radical (unpaired) electrons. The van der Waals surface area contributed by atoms with Crippen molar-refractivity contribution in [3.63, 3.8) is 0 Å². The molecule has 0 unspecified atom stereocenters. The highest BCUT2D eigenvalue weighted by atomic mass is 79.9. The minimum absolute atomic E-state index is 0.307. The number of benzene rings is 2. The molecule has 2 rings (SSSR count). The van der Waals surface area contributed by atoms with E-state index in [4.69, 9.17) is 9.47 Å². The van der Waals surface area contributed by atoms with E-state index in [0.29, 0.717) is 22.3 Å². The number of amides is 1. The Kier molecular flexibility index (Phi) is 6.37. The summed E-state index contributed by atoms with van der Waals surface area (Å²) in [6, 6.07) is 12.7. The molecule has 24 heavy (non-hydrogen) atoms. The van der Waals surface area contributed by atoms with Crippen molar-refractivity contribution in [1.29, 1.82) is 0 Å². The van der Waals surface area contributed by atoms with Gasteiger partial charge in [-0.25, -0.2) is 4.79 Å². The van der Waals surface area contributed by atoms with E-state index in [2.05, 4.69) is 21.2 Å². The summed E-state index contributed by atoms with van der Waals surface area (Å²) in [5, 5.41) is 2.73. The van der Waals surface area contributed by atoms with E-state index in [0.717, 1.165) is 11.1 Å². The highest BCUT2D eigenvalue weighted by molar-refractivity contribution is 9.10. The van der Waals surface area contributed by atoms with Crippen LogP contribution in [0.5, 0.6) is 5.75 Å². The molecule has 0 aliphatic heterocycles. The first-order valence-corrected chi connectivity index (χ1v) is 8.12. The molecule has 0 aliphatic rings. The standard InChI is InChI=1S/C18H18BrNO4/c1-12-5-3-4-6-13(12)10-20-17(21)11-24-18(22)15-9-14(23-2)7-8-16(15)19/h3-9H,10-11H2,1-2H3,(H,20,21). The third-order valence-corrected chi connectivity index (χ3v) is 4.16. The lowest BCUT2D eigenvalue weighted by Crippen LogP contribution is -2.28. The minimum Gasteiger partial charge on any atom is -0.497 e. The van der Waals surface area contributed by atoms with Crippen LogP contribution in [-0.2, 0) is 16.1 Å². The molecule has 0 heterocycles. The minimum atomic E-state index is -0.591. The third kappa shape index (κ3) is 4.83. The molecular weight excluding hydrogens is 374 g/mol. The molecule has 0 spiro atoms. The largest absolute Gasteiger partial charge is 0.497 e. The second-order valence-electron chi connectivity index (χ2n) is 5.13. The van der Waals surface area contributed by atoms with Crippen LogP contribution < -0.4 is 10.1 Å². The number of hydrogen-bond donors (Lipinski definition) is 1. The van der Waals surface area contributed by atoms with E-state index >= 15 is 0 Å². The Morgan fingerprint density at radius 2 is 1.92 bits per heavy atom. The van der Waals surface area contributed by atoms with Crippen LogP contribution >= 0.6 is 15.9 Å². The molecule has 0 bridgehead atoms. The van der Waals surface area contributed by atoms with Gasteiger partial charge in [0.05, 0.1) is 12.7 Å². The van der Waals surface area contributed by atoms with Gasteiger partial charge >= 0.3 is 5.97 Å². The van der Waals surface area contributed by atoms with Gasteiger partial charge in [-0.05, 0) is 52.2 Å². The first-order chi connectivity index (χ1) is 11.5. The number of hydrogen-bond acceptors (Lipinski definition) is 4. The Bertz CT molecular complexity index is 746. The Morgan fingerprint density at radius 3 is 2.62 bits per heavy atom. The van der Waals surface area contributed by atoms with Crippen molar-refractivity contribution in [2.75, 3.05) is 13.7 Å². The van der Waals surface area contributed by atoms with Crippen LogP contribution in [-0.4, -0.2) is 25.6 Å². The molecule has 0 saturated heterocycles. The normalized spacial score (nSPS) is 10.1. The topological polar surface area (TPSA) is 64.6 Å². The van der Waals surface area contributed by atoms with Gasteiger partial charge in [0.15, 0.2) is 6.61 Å². The monoisotopic (exact) mass is 391 g/mol. The number of ether oxygens (including phenoxy) is 2. The maximum Gasteiger partial charge on any atom is 0.339 e. The zero-order chi connectivity index (χ0) is 17.5. The summed E-state index contributed by atoms with van der Waals surface area (Å²) in [6.45, 7) is 2.03. The zero-order valence-electron chi connectivity index (χ0n) is 13.5. The zero-order valence-corrected chi connectivity index (χ0v) is 15.1. The molecule has 0 aliphatic carbocycles. The van der Waals surface area contributed by atoms with Gasteiger partial charge in [0.2, 0.25) is 0 Å². The molecular formula is C18H18BrNO4. The molecule has 2 aromatic carbocycles. The van der Waals surface area contributed by atoms with Gasteiger partial charge in [-0.3, -0.25) is 4.79 Å². The number of carbonyl (C=O) groups excluding carboxylic acids is 2. The average molecular weight is 392 g/mol. The van der Waals surface area contributed by atoms with Crippen molar-refractivity contribution in [3.05, 3.63) is 63.6 Å². The molecule has 1 amide bonds. The summed E-state index contributed by atoms with van der Waals surface area (Å²) >= 11 is 3.28. The fraction of sp³-hybridized carbons (Fsp3) is 0.222. The quantitative estimate of drug-likeness (QED) is 0.767. The summed E-state index contributed by atoms with van der Waals surface area (Å²) in [6.07, 6.45) is 0. The van der Waals surface area contributed by atoms with Crippen LogP contribution in [0.1, 0.15) is 21.5 Å². The smallest absolute Gasteiger partial charge is 0.339 e. The van der Waals surface area contributed by atoms with Crippen molar-refractivity contribution in [3.8, 4) is 5.75 Å².